The van der Waals surface area contributed by atoms with Crippen molar-refractivity contribution in [1.29, 1.82) is 0 Å². The van der Waals surface area contributed by atoms with E-state index in [4.69, 9.17) is 17.3 Å². The van der Waals surface area contributed by atoms with Crippen LogP contribution in [-0.4, -0.2) is 5.91 Å². The average Bonchev–Trinajstić information content (AvgIpc) is 2.45. The molecule has 5 heteroatoms. The minimum atomic E-state index is -1.11. The van der Waals surface area contributed by atoms with Gasteiger partial charge in [-0.05, 0) is 42.3 Å². The van der Waals surface area contributed by atoms with E-state index in [-0.39, 0.29) is 5.82 Å². The summed E-state index contributed by atoms with van der Waals surface area (Å²) in [7, 11) is 0. The van der Waals surface area contributed by atoms with Crippen molar-refractivity contribution in [1.82, 2.24) is 0 Å². The van der Waals surface area contributed by atoms with Crippen LogP contribution < -0.4 is 11.1 Å². The van der Waals surface area contributed by atoms with Crippen molar-refractivity contribution in [2.75, 3.05) is 5.32 Å². The smallest absolute Gasteiger partial charge is 0.247 e. The van der Waals surface area contributed by atoms with Gasteiger partial charge in [0, 0.05) is 10.7 Å². The van der Waals surface area contributed by atoms with Gasteiger partial charge in [0.1, 0.15) is 11.4 Å². The normalized spacial score (nSPS) is 13.5. The topological polar surface area (TPSA) is 55.1 Å². The van der Waals surface area contributed by atoms with Crippen molar-refractivity contribution in [2.45, 2.75) is 18.9 Å². The molecule has 0 aliphatic heterocycles. The van der Waals surface area contributed by atoms with E-state index in [2.05, 4.69) is 5.32 Å². The summed E-state index contributed by atoms with van der Waals surface area (Å²) in [6.07, 6.45) is 0.417. The summed E-state index contributed by atoms with van der Waals surface area (Å²) in [5.74, 6) is -0.915. The first-order valence-electron chi connectivity index (χ1n) is 6.57. The maximum atomic E-state index is 13.3. The van der Waals surface area contributed by atoms with E-state index in [0.717, 1.165) is 0 Å². The third-order valence-electron chi connectivity index (χ3n) is 3.47. The molecule has 0 saturated heterocycles. The molecule has 0 fully saturated rings. The van der Waals surface area contributed by atoms with Crippen LogP contribution in [0.1, 0.15) is 18.9 Å². The van der Waals surface area contributed by atoms with E-state index in [0.29, 0.717) is 22.7 Å². The molecule has 0 radical (unpaired) electrons. The number of benzene rings is 2. The molecular formula is C16H16ClFN2O. The van der Waals surface area contributed by atoms with Crippen molar-refractivity contribution >= 4 is 23.2 Å². The molecule has 2 aromatic rings. The number of carbonyl (C=O) groups excluding carboxylic acids is 1. The number of carbonyl (C=O) groups is 1. The van der Waals surface area contributed by atoms with Crippen LogP contribution in [0, 0.1) is 5.82 Å². The Labute approximate surface area is 127 Å². The summed E-state index contributed by atoms with van der Waals surface area (Å²) in [6, 6.07) is 12.8. The Morgan fingerprint density at radius 1 is 1.29 bits per heavy atom. The molecule has 0 heterocycles. The third kappa shape index (κ3) is 3.16. The number of nitrogens with one attached hydrogen (secondary N) is 1. The van der Waals surface area contributed by atoms with E-state index in [1.165, 1.54) is 12.1 Å². The fourth-order valence-electron chi connectivity index (χ4n) is 2.29. The van der Waals surface area contributed by atoms with Gasteiger partial charge in [-0.3, -0.25) is 4.79 Å². The Kier molecular flexibility index (Phi) is 4.48. The number of hydrogen-bond acceptors (Lipinski definition) is 2. The molecule has 21 heavy (non-hydrogen) atoms. The lowest BCUT2D eigenvalue weighted by atomic mass is 9.86. The zero-order valence-electron chi connectivity index (χ0n) is 11.6. The zero-order chi connectivity index (χ0) is 15.5. The molecule has 0 aromatic heterocycles. The molecule has 1 amide bonds. The van der Waals surface area contributed by atoms with Crippen LogP contribution in [0.25, 0.3) is 0 Å². The molecule has 1 unspecified atom stereocenters. The minimum absolute atomic E-state index is 0.384. The molecule has 3 N–H and O–H groups in total. The fraction of sp³-hybridized carbons (Fsp3) is 0.188. The van der Waals surface area contributed by atoms with Crippen molar-refractivity contribution in [2.24, 2.45) is 5.73 Å². The van der Waals surface area contributed by atoms with Crippen LogP contribution in [0.15, 0.2) is 48.5 Å². The van der Waals surface area contributed by atoms with Crippen molar-refractivity contribution in [3.05, 3.63) is 64.9 Å². The lowest BCUT2D eigenvalue weighted by molar-refractivity contribution is -0.122. The van der Waals surface area contributed by atoms with Crippen LogP contribution in [0.3, 0.4) is 0 Å². The minimum Gasteiger partial charge on any atom is -0.368 e. The number of amides is 1. The fourth-order valence-corrected chi connectivity index (χ4v) is 2.42. The molecule has 3 nitrogen and oxygen atoms in total. The molecule has 110 valence electrons. The van der Waals surface area contributed by atoms with E-state index in [1.54, 1.807) is 36.4 Å². The summed E-state index contributed by atoms with van der Waals surface area (Å²) >= 11 is 5.88. The van der Waals surface area contributed by atoms with Gasteiger partial charge in [0.15, 0.2) is 0 Å². The van der Waals surface area contributed by atoms with Crippen LogP contribution >= 0.6 is 11.6 Å². The maximum absolute atomic E-state index is 13.3. The van der Waals surface area contributed by atoms with E-state index >= 15 is 0 Å². The Morgan fingerprint density at radius 2 is 1.95 bits per heavy atom. The Morgan fingerprint density at radius 3 is 2.48 bits per heavy atom. The average molecular weight is 307 g/mol. The molecular weight excluding hydrogens is 291 g/mol. The van der Waals surface area contributed by atoms with Crippen LogP contribution in [0.5, 0.6) is 0 Å². The van der Waals surface area contributed by atoms with Gasteiger partial charge in [0.05, 0.1) is 0 Å². The quantitative estimate of drug-likeness (QED) is 0.885. The molecule has 1 atom stereocenters. The monoisotopic (exact) mass is 306 g/mol. The first-order valence-corrected chi connectivity index (χ1v) is 6.95. The second kappa shape index (κ2) is 6.14. The summed E-state index contributed by atoms with van der Waals surface area (Å²) in [4.78, 5) is 12.1. The first-order chi connectivity index (χ1) is 9.98. The lowest BCUT2D eigenvalue weighted by Crippen LogP contribution is -2.47. The highest BCUT2D eigenvalue weighted by molar-refractivity contribution is 6.30. The number of anilines is 1. The van der Waals surface area contributed by atoms with Crippen molar-refractivity contribution in [3.63, 3.8) is 0 Å². The first kappa shape index (κ1) is 15.3. The van der Waals surface area contributed by atoms with Gasteiger partial charge < -0.3 is 11.1 Å². The predicted octanol–water partition coefficient (Wildman–Crippen LogP) is 3.68. The van der Waals surface area contributed by atoms with Gasteiger partial charge in [-0.2, -0.15) is 0 Å². The number of hydrogen-bond donors (Lipinski definition) is 2. The maximum Gasteiger partial charge on any atom is 0.247 e. The SMILES string of the molecule is CCC(Nc1cccc(F)c1)(C(N)=O)c1ccc(Cl)cc1. The van der Waals surface area contributed by atoms with Gasteiger partial charge in [0.2, 0.25) is 5.91 Å². The second-order valence-electron chi connectivity index (χ2n) is 4.77. The molecule has 0 aliphatic rings. The predicted molar refractivity (Wildman–Crippen MR) is 82.6 cm³/mol. The summed E-state index contributed by atoms with van der Waals surface area (Å²) in [5, 5.41) is 3.63. The van der Waals surface area contributed by atoms with Crippen LogP contribution in [-0.2, 0) is 10.3 Å². The molecule has 0 saturated carbocycles. The van der Waals surface area contributed by atoms with Crippen molar-refractivity contribution < 1.29 is 9.18 Å². The summed E-state index contributed by atoms with van der Waals surface area (Å²) in [6.45, 7) is 1.84. The van der Waals surface area contributed by atoms with Gasteiger partial charge in [-0.15, -0.1) is 0 Å². The highest BCUT2D eigenvalue weighted by atomic mass is 35.5. The Hall–Kier alpha value is -2.07. The Balaban J connectivity index is 2.46. The summed E-state index contributed by atoms with van der Waals surface area (Å²) in [5.41, 5.74) is 5.67. The zero-order valence-corrected chi connectivity index (χ0v) is 12.3. The van der Waals surface area contributed by atoms with E-state index in [9.17, 15) is 9.18 Å². The highest BCUT2D eigenvalue weighted by Crippen LogP contribution is 2.30. The number of nitrogens with two attached hydrogens (primary N) is 1. The number of halogens is 2. The van der Waals surface area contributed by atoms with Gasteiger partial charge >= 0.3 is 0 Å². The molecule has 2 rings (SSSR count). The van der Waals surface area contributed by atoms with Gasteiger partial charge in [-0.25, -0.2) is 4.39 Å². The largest absolute Gasteiger partial charge is 0.368 e. The Bertz CT molecular complexity index is 645. The highest BCUT2D eigenvalue weighted by Gasteiger charge is 2.36. The molecule has 0 aliphatic carbocycles. The third-order valence-corrected chi connectivity index (χ3v) is 3.72. The lowest BCUT2D eigenvalue weighted by Gasteiger charge is -2.32. The molecule has 0 spiro atoms. The summed E-state index contributed by atoms with van der Waals surface area (Å²) < 4.78 is 13.3. The molecule has 2 aromatic carbocycles. The number of primary amides is 1. The van der Waals surface area contributed by atoms with Gasteiger partial charge in [-0.1, -0.05) is 36.7 Å². The van der Waals surface area contributed by atoms with Crippen molar-refractivity contribution in [3.8, 4) is 0 Å². The van der Waals surface area contributed by atoms with E-state index < -0.39 is 11.4 Å². The van der Waals surface area contributed by atoms with Crippen LogP contribution in [0.4, 0.5) is 10.1 Å². The number of rotatable bonds is 5. The van der Waals surface area contributed by atoms with Gasteiger partial charge in [0.25, 0.3) is 0 Å². The van der Waals surface area contributed by atoms with E-state index in [1.807, 2.05) is 6.92 Å². The molecule has 0 bridgehead atoms. The standard InChI is InChI=1S/C16H16ClFN2O/c1-2-16(15(19)21,11-6-8-12(17)9-7-11)20-14-5-3-4-13(18)10-14/h3-10,20H,2H2,1H3,(H2,19,21). The van der Waals surface area contributed by atoms with Crippen LogP contribution in [0.2, 0.25) is 5.02 Å². The second-order valence-corrected chi connectivity index (χ2v) is 5.20.